The van der Waals surface area contributed by atoms with Crippen molar-refractivity contribution in [1.82, 2.24) is 10.2 Å². The number of halogens is 1. The lowest BCUT2D eigenvalue weighted by Gasteiger charge is -2.27. The monoisotopic (exact) mass is 446 g/mol. The molecule has 0 unspecified atom stereocenters. The molecule has 1 saturated heterocycles. The van der Waals surface area contributed by atoms with Gasteiger partial charge in [0.25, 0.3) is 0 Å². The highest BCUT2D eigenvalue weighted by molar-refractivity contribution is 9.10. The lowest BCUT2D eigenvalue weighted by Crippen LogP contribution is -2.36. The molecule has 0 radical (unpaired) electrons. The van der Waals surface area contributed by atoms with E-state index in [-0.39, 0.29) is 5.91 Å². The molecule has 6 heteroatoms. The maximum absolute atomic E-state index is 12.2. The van der Waals surface area contributed by atoms with E-state index in [1.54, 1.807) is 0 Å². The van der Waals surface area contributed by atoms with Crippen LogP contribution < -0.4 is 10.1 Å². The summed E-state index contributed by atoms with van der Waals surface area (Å²) in [4.78, 5) is 14.6. The van der Waals surface area contributed by atoms with Gasteiger partial charge in [-0.25, -0.2) is 0 Å². The van der Waals surface area contributed by atoms with Crippen molar-refractivity contribution in [3.05, 3.63) is 64.1 Å². The largest absolute Gasteiger partial charge is 0.492 e. The number of rotatable bonds is 9. The zero-order valence-electron chi connectivity index (χ0n) is 16.0. The average molecular weight is 447 g/mol. The van der Waals surface area contributed by atoms with E-state index in [1.807, 2.05) is 30.3 Å². The summed E-state index contributed by atoms with van der Waals surface area (Å²) in [5.41, 5.74) is 2.44. The SMILES string of the molecule is O=C(CCCOc1ccccc1Br)NCc1ccccc1CN1CCOCC1. The van der Waals surface area contributed by atoms with E-state index in [0.717, 1.165) is 43.1 Å². The number of ether oxygens (including phenoxy) is 2. The Labute approximate surface area is 175 Å². The zero-order chi connectivity index (χ0) is 19.6. The number of nitrogens with zero attached hydrogens (tertiary/aromatic N) is 1. The summed E-state index contributed by atoms with van der Waals surface area (Å²) in [6.45, 7) is 5.47. The number of hydrogen-bond donors (Lipinski definition) is 1. The summed E-state index contributed by atoms with van der Waals surface area (Å²) in [5, 5.41) is 3.04. The quantitative estimate of drug-likeness (QED) is 0.595. The van der Waals surface area contributed by atoms with Crippen LogP contribution in [0.5, 0.6) is 5.75 Å². The molecule has 1 N–H and O–H groups in total. The Morgan fingerprint density at radius 1 is 1.07 bits per heavy atom. The van der Waals surface area contributed by atoms with Gasteiger partial charge in [0.15, 0.2) is 0 Å². The van der Waals surface area contributed by atoms with E-state index < -0.39 is 0 Å². The molecule has 0 atom stereocenters. The van der Waals surface area contributed by atoms with Crippen LogP contribution in [-0.2, 0) is 22.6 Å². The number of benzene rings is 2. The number of hydrogen-bond acceptors (Lipinski definition) is 4. The molecule has 5 nitrogen and oxygen atoms in total. The second kappa shape index (κ2) is 11.2. The third kappa shape index (κ3) is 6.62. The van der Waals surface area contributed by atoms with Crippen LogP contribution in [-0.4, -0.2) is 43.7 Å². The maximum atomic E-state index is 12.2. The van der Waals surface area contributed by atoms with Crippen LogP contribution in [0.3, 0.4) is 0 Å². The van der Waals surface area contributed by atoms with Gasteiger partial charge in [0.2, 0.25) is 5.91 Å². The maximum Gasteiger partial charge on any atom is 0.220 e. The molecule has 0 saturated carbocycles. The van der Waals surface area contributed by atoms with Gasteiger partial charge in [0.05, 0.1) is 24.3 Å². The highest BCUT2D eigenvalue weighted by Crippen LogP contribution is 2.23. The molecule has 1 aliphatic heterocycles. The molecule has 0 bridgehead atoms. The van der Waals surface area contributed by atoms with Crippen LogP contribution in [0.1, 0.15) is 24.0 Å². The number of carbonyl (C=O) groups is 1. The van der Waals surface area contributed by atoms with Crippen LogP contribution in [0, 0.1) is 0 Å². The number of carbonyl (C=O) groups excluding carboxylic acids is 1. The Kier molecular flexibility index (Phi) is 8.33. The molecular formula is C22H27BrN2O3. The minimum absolute atomic E-state index is 0.0527. The van der Waals surface area contributed by atoms with Crippen molar-refractivity contribution in [1.29, 1.82) is 0 Å². The van der Waals surface area contributed by atoms with E-state index in [2.05, 4.69) is 44.3 Å². The Balaban J connectivity index is 1.40. The summed E-state index contributed by atoms with van der Waals surface area (Å²) in [5.74, 6) is 0.858. The highest BCUT2D eigenvalue weighted by atomic mass is 79.9. The molecule has 1 heterocycles. The molecule has 0 aromatic heterocycles. The van der Waals surface area contributed by atoms with Crippen LogP contribution in [0.15, 0.2) is 53.0 Å². The molecular weight excluding hydrogens is 420 g/mol. The molecule has 28 heavy (non-hydrogen) atoms. The van der Waals surface area contributed by atoms with Crippen LogP contribution in [0.4, 0.5) is 0 Å². The van der Waals surface area contributed by atoms with Gasteiger partial charge in [0, 0.05) is 32.6 Å². The van der Waals surface area contributed by atoms with Gasteiger partial charge in [-0.1, -0.05) is 36.4 Å². The topological polar surface area (TPSA) is 50.8 Å². The molecule has 3 rings (SSSR count). The van der Waals surface area contributed by atoms with Crippen LogP contribution >= 0.6 is 15.9 Å². The third-order valence-electron chi connectivity index (χ3n) is 4.73. The second-order valence-corrected chi connectivity index (χ2v) is 7.67. The fraction of sp³-hybridized carbons (Fsp3) is 0.409. The summed E-state index contributed by atoms with van der Waals surface area (Å²) in [7, 11) is 0. The summed E-state index contributed by atoms with van der Waals surface area (Å²) in [6, 6.07) is 16.0. The van der Waals surface area contributed by atoms with Gasteiger partial charge in [-0.05, 0) is 45.6 Å². The Morgan fingerprint density at radius 3 is 2.57 bits per heavy atom. The standard InChI is InChI=1S/C22H27BrN2O3/c23-20-8-3-4-9-21(20)28-13-5-10-22(26)24-16-18-6-1-2-7-19(18)17-25-11-14-27-15-12-25/h1-4,6-9H,5,10-17H2,(H,24,26). The Morgan fingerprint density at radius 2 is 1.79 bits per heavy atom. The van der Waals surface area contributed by atoms with Crippen molar-refractivity contribution in [3.8, 4) is 5.75 Å². The van der Waals surface area contributed by atoms with E-state index in [4.69, 9.17) is 9.47 Å². The van der Waals surface area contributed by atoms with E-state index in [1.165, 1.54) is 11.1 Å². The van der Waals surface area contributed by atoms with Crippen molar-refractivity contribution in [2.24, 2.45) is 0 Å². The second-order valence-electron chi connectivity index (χ2n) is 6.82. The summed E-state index contributed by atoms with van der Waals surface area (Å²) >= 11 is 3.46. The smallest absolute Gasteiger partial charge is 0.220 e. The minimum atomic E-state index is 0.0527. The van der Waals surface area contributed by atoms with Crippen molar-refractivity contribution < 1.29 is 14.3 Å². The summed E-state index contributed by atoms with van der Waals surface area (Å²) in [6.07, 6.45) is 1.14. The number of nitrogens with one attached hydrogen (secondary N) is 1. The average Bonchev–Trinajstić information content (AvgIpc) is 2.72. The highest BCUT2D eigenvalue weighted by Gasteiger charge is 2.13. The van der Waals surface area contributed by atoms with E-state index >= 15 is 0 Å². The first-order valence-electron chi connectivity index (χ1n) is 9.73. The molecule has 2 aromatic carbocycles. The van der Waals surface area contributed by atoms with Gasteiger partial charge < -0.3 is 14.8 Å². The molecule has 1 fully saturated rings. The molecule has 150 valence electrons. The molecule has 1 aliphatic rings. The van der Waals surface area contributed by atoms with Crippen molar-refractivity contribution in [3.63, 3.8) is 0 Å². The normalized spacial score (nSPS) is 14.6. The Hall–Kier alpha value is -1.89. The van der Waals surface area contributed by atoms with Crippen LogP contribution in [0.2, 0.25) is 0 Å². The van der Waals surface area contributed by atoms with Gasteiger partial charge >= 0.3 is 0 Å². The van der Waals surface area contributed by atoms with Crippen LogP contribution in [0.25, 0.3) is 0 Å². The van der Waals surface area contributed by atoms with Crippen molar-refractivity contribution in [2.45, 2.75) is 25.9 Å². The fourth-order valence-electron chi connectivity index (χ4n) is 3.14. The lowest BCUT2D eigenvalue weighted by atomic mass is 10.1. The molecule has 0 spiro atoms. The fourth-order valence-corrected chi connectivity index (χ4v) is 3.54. The third-order valence-corrected chi connectivity index (χ3v) is 5.39. The Bertz CT molecular complexity index is 763. The van der Waals surface area contributed by atoms with Gasteiger partial charge in [-0.15, -0.1) is 0 Å². The first-order valence-corrected chi connectivity index (χ1v) is 10.5. The number of amides is 1. The minimum Gasteiger partial charge on any atom is -0.492 e. The predicted octanol–water partition coefficient (Wildman–Crippen LogP) is 3.76. The summed E-state index contributed by atoms with van der Waals surface area (Å²) < 4.78 is 12.1. The molecule has 2 aromatic rings. The van der Waals surface area contributed by atoms with Crippen molar-refractivity contribution in [2.75, 3.05) is 32.9 Å². The predicted molar refractivity (Wildman–Crippen MR) is 113 cm³/mol. The van der Waals surface area contributed by atoms with E-state index in [0.29, 0.717) is 26.0 Å². The molecule has 1 amide bonds. The van der Waals surface area contributed by atoms with Crippen molar-refractivity contribution >= 4 is 21.8 Å². The van der Waals surface area contributed by atoms with E-state index in [9.17, 15) is 4.79 Å². The zero-order valence-corrected chi connectivity index (χ0v) is 17.6. The number of para-hydroxylation sites is 1. The molecule has 0 aliphatic carbocycles. The first kappa shape index (κ1) is 20.8. The van der Waals surface area contributed by atoms with Gasteiger partial charge in [-0.2, -0.15) is 0 Å². The number of morpholine rings is 1. The van der Waals surface area contributed by atoms with Gasteiger partial charge in [0.1, 0.15) is 5.75 Å². The first-order chi connectivity index (χ1) is 13.7. The lowest BCUT2D eigenvalue weighted by molar-refractivity contribution is -0.121. The van der Waals surface area contributed by atoms with Gasteiger partial charge in [-0.3, -0.25) is 9.69 Å².